The van der Waals surface area contributed by atoms with Crippen LogP contribution >= 0.6 is 8.24 Å². The molecule has 0 saturated heterocycles. The maximum atomic E-state index is 10.7. The molecule has 0 bridgehead atoms. The van der Waals surface area contributed by atoms with Crippen molar-refractivity contribution in [3.8, 4) is 5.75 Å². The van der Waals surface area contributed by atoms with Gasteiger partial charge in [-0.3, -0.25) is 4.52 Å². The van der Waals surface area contributed by atoms with E-state index >= 15 is 0 Å². The topological polar surface area (TPSA) is 55.7 Å². The summed E-state index contributed by atoms with van der Waals surface area (Å²) in [6.07, 6.45) is 1.65. The molecule has 258 valence electrons. The first-order chi connectivity index (χ1) is 21.3. The molecular weight excluding hydrogens is 599 g/mol. The number of aromatic hydroxyl groups is 1. The molecule has 0 aliphatic rings. The van der Waals surface area contributed by atoms with Crippen LogP contribution in [0.1, 0.15) is 149 Å². The van der Waals surface area contributed by atoms with E-state index in [4.69, 9.17) is 12.9 Å². The van der Waals surface area contributed by atoms with Crippen LogP contribution in [0, 0.1) is 6.92 Å². The van der Waals surface area contributed by atoms with E-state index in [9.17, 15) is 5.11 Å². The van der Waals surface area contributed by atoms with Crippen LogP contribution in [-0.2, 0) is 33.5 Å². The number of phenols is 1. The first-order valence-corrected chi connectivity index (χ1v) is 18.4. The predicted octanol–water partition coefficient (Wildman–Crippen LogP) is 12.9. The van der Waals surface area contributed by atoms with Crippen molar-refractivity contribution in [3.05, 3.63) is 75.3 Å². The van der Waals surface area contributed by atoms with Gasteiger partial charge in [-0.15, -0.1) is 0 Å². The lowest BCUT2D eigenvalue weighted by molar-refractivity contribution is 0.363. The van der Waals surface area contributed by atoms with Crippen molar-refractivity contribution >= 4 is 30.2 Å². The van der Waals surface area contributed by atoms with E-state index in [0.29, 0.717) is 12.4 Å². The Morgan fingerprint density at radius 2 is 1.00 bits per heavy atom. The van der Waals surface area contributed by atoms with Gasteiger partial charge in [0.1, 0.15) is 16.9 Å². The Kier molecular flexibility index (Phi) is 10.00. The zero-order chi connectivity index (χ0) is 35.5. The highest BCUT2D eigenvalue weighted by molar-refractivity contribution is 7.31. The van der Waals surface area contributed by atoms with E-state index < -0.39 is 8.24 Å². The summed E-state index contributed by atoms with van der Waals surface area (Å²) in [4.78, 5) is 0. The SMILES string of the molecule is Cc1cc(CCCOp2oc3c(C(C)(C)C)cc(C(C)(C)C)cc3c3cc(C(C)(C)C)cc(C(C)(C)C)c3o2)cc(C(C)(C)C)c1O. The van der Waals surface area contributed by atoms with Crippen molar-refractivity contribution in [3.63, 3.8) is 0 Å². The van der Waals surface area contributed by atoms with Crippen LogP contribution in [0.2, 0.25) is 0 Å². The standard InChI is InChI=1S/C42H61O4P/c1-26-20-27(21-32(35(26)43)40(8,9)10)18-17-19-44-47-45-36-30(22-28(38(2,3)4)24-33(36)41(11,12)13)31-23-29(39(5,6)7)25-34(37(31)46-47)42(14,15)16/h20-25,43H,17-19H2,1-16H3. The minimum Gasteiger partial charge on any atom is -0.507 e. The second-order valence-electron chi connectivity index (χ2n) is 18.7. The van der Waals surface area contributed by atoms with Crippen molar-refractivity contribution in [2.45, 2.75) is 151 Å². The van der Waals surface area contributed by atoms with E-state index in [0.717, 1.165) is 45.9 Å². The molecular formula is C42H61O4P. The average molecular weight is 661 g/mol. The van der Waals surface area contributed by atoms with Gasteiger partial charge in [0.15, 0.2) is 0 Å². The van der Waals surface area contributed by atoms with Gasteiger partial charge < -0.3 is 13.5 Å². The number of hydrogen-bond donors (Lipinski definition) is 1. The number of aryl methyl sites for hydroxylation is 2. The van der Waals surface area contributed by atoms with Crippen LogP contribution in [0.4, 0.5) is 0 Å². The molecule has 0 unspecified atom stereocenters. The highest BCUT2D eigenvalue weighted by Crippen LogP contribution is 2.45. The summed E-state index contributed by atoms with van der Waals surface area (Å²) in [5.74, 6) is 0.395. The van der Waals surface area contributed by atoms with Gasteiger partial charge in [0.25, 0.3) is 0 Å². The Bertz CT molecular complexity index is 1710. The molecule has 0 amide bonds. The lowest BCUT2D eigenvalue weighted by atomic mass is 9.77. The van der Waals surface area contributed by atoms with Crippen LogP contribution in [0.3, 0.4) is 0 Å². The molecule has 0 fully saturated rings. The molecule has 0 aliphatic heterocycles. The number of rotatable bonds is 5. The van der Waals surface area contributed by atoms with Crippen molar-refractivity contribution in [2.24, 2.45) is 0 Å². The van der Waals surface area contributed by atoms with E-state index in [1.54, 1.807) is 0 Å². The summed E-state index contributed by atoms with van der Waals surface area (Å²) in [6, 6.07) is 13.5. The summed E-state index contributed by atoms with van der Waals surface area (Å²) in [6.45, 7) is 36.1. The summed E-state index contributed by atoms with van der Waals surface area (Å²) in [7, 11) is -1.73. The van der Waals surface area contributed by atoms with Crippen LogP contribution in [0.15, 0.2) is 44.8 Å². The summed E-state index contributed by atoms with van der Waals surface area (Å²) < 4.78 is 20.3. The molecule has 47 heavy (non-hydrogen) atoms. The van der Waals surface area contributed by atoms with Crippen LogP contribution in [0.5, 0.6) is 5.75 Å². The Labute approximate surface area is 285 Å². The Hall–Kier alpha value is -2.68. The third kappa shape index (κ3) is 8.31. The molecule has 1 aromatic heterocycles. The molecule has 1 N–H and O–H groups in total. The van der Waals surface area contributed by atoms with Gasteiger partial charge in [-0.1, -0.05) is 128 Å². The van der Waals surface area contributed by atoms with Gasteiger partial charge in [-0.2, -0.15) is 0 Å². The van der Waals surface area contributed by atoms with Gasteiger partial charge in [0.2, 0.25) is 0 Å². The first-order valence-electron chi connectivity index (χ1n) is 17.3. The number of hydrogen-bond acceptors (Lipinski definition) is 4. The highest BCUT2D eigenvalue weighted by atomic mass is 31.1. The monoisotopic (exact) mass is 660 g/mol. The maximum absolute atomic E-state index is 10.7. The Morgan fingerprint density at radius 3 is 1.38 bits per heavy atom. The lowest BCUT2D eigenvalue weighted by Gasteiger charge is -2.27. The molecule has 0 saturated carbocycles. The third-order valence-electron chi connectivity index (χ3n) is 9.12. The molecule has 3 aromatic carbocycles. The molecule has 4 nitrogen and oxygen atoms in total. The molecule has 0 radical (unpaired) electrons. The number of benzene rings is 3. The lowest BCUT2D eigenvalue weighted by Crippen LogP contribution is -2.17. The fraction of sp³-hybridized carbons (Fsp3) is 0.571. The first kappa shape index (κ1) is 37.1. The molecule has 5 heteroatoms. The van der Waals surface area contributed by atoms with E-state index in [2.05, 4.69) is 140 Å². The third-order valence-corrected chi connectivity index (χ3v) is 10.2. The minimum atomic E-state index is -1.73. The molecule has 0 aliphatic carbocycles. The van der Waals surface area contributed by atoms with Crippen molar-refractivity contribution in [2.75, 3.05) is 6.61 Å². The number of fused-ring (bicyclic) bond motifs is 3. The van der Waals surface area contributed by atoms with Gasteiger partial charge in [-0.05, 0) is 86.8 Å². The van der Waals surface area contributed by atoms with E-state index in [1.165, 1.54) is 27.8 Å². The largest absolute Gasteiger partial charge is 0.507 e. The maximum Gasteiger partial charge on any atom is 0.387 e. The highest BCUT2D eigenvalue weighted by Gasteiger charge is 2.29. The van der Waals surface area contributed by atoms with Crippen LogP contribution in [0.25, 0.3) is 21.9 Å². The zero-order valence-corrected chi connectivity index (χ0v) is 33.1. The van der Waals surface area contributed by atoms with Crippen molar-refractivity contribution < 1.29 is 18.0 Å². The summed E-state index contributed by atoms with van der Waals surface area (Å²) >= 11 is 0. The molecule has 0 spiro atoms. The van der Waals surface area contributed by atoms with E-state index in [-0.39, 0.29) is 27.1 Å². The van der Waals surface area contributed by atoms with Crippen LogP contribution in [-0.4, -0.2) is 11.7 Å². The zero-order valence-electron chi connectivity index (χ0n) is 32.2. The molecule has 4 aromatic rings. The Balaban J connectivity index is 1.94. The predicted molar refractivity (Wildman–Crippen MR) is 202 cm³/mol. The molecule has 4 rings (SSSR count). The van der Waals surface area contributed by atoms with E-state index in [1.807, 2.05) is 6.92 Å². The minimum absolute atomic E-state index is 0.0441. The van der Waals surface area contributed by atoms with Crippen molar-refractivity contribution in [1.82, 2.24) is 0 Å². The smallest absolute Gasteiger partial charge is 0.387 e. The van der Waals surface area contributed by atoms with Gasteiger partial charge in [-0.25, -0.2) is 0 Å². The fourth-order valence-electron chi connectivity index (χ4n) is 6.04. The fourth-order valence-corrected chi connectivity index (χ4v) is 7.15. The van der Waals surface area contributed by atoms with Crippen LogP contribution < -0.4 is 4.52 Å². The quantitative estimate of drug-likeness (QED) is 0.216. The normalized spacial score (nSPS) is 13.5. The van der Waals surface area contributed by atoms with Gasteiger partial charge in [0, 0.05) is 21.9 Å². The molecule has 1 heterocycles. The molecule has 0 atom stereocenters. The second-order valence-corrected chi connectivity index (χ2v) is 19.8. The summed E-state index contributed by atoms with van der Waals surface area (Å²) in [5.41, 5.74) is 9.17. The average Bonchev–Trinajstić information content (AvgIpc) is 3.05. The van der Waals surface area contributed by atoms with Gasteiger partial charge in [0.05, 0.1) is 6.61 Å². The Morgan fingerprint density at radius 1 is 0.574 bits per heavy atom. The second kappa shape index (κ2) is 12.6. The number of phenolic OH excluding ortho intramolecular Hbond substituents is 1. The van der Waals surface area contributed by atoms with Crippen molar-refractivity contribution in [1.29, 1.82) is 0 Å². The summed E-state index contributed by atoms with van der Waals surface area (Å²) in [5, 5.41) is 12.9. The van der Waals surface area contributed by atoms with Gasteiger partial charge >= 0.3 is 8.24 Å².